The quantitative estimate of drug-likeness (QED) is 0.679. The van der Waals surface area contributed by atoms with Gasteiger partial charge in [0.1, 0.15) is 0 Å². The van der Waals surface area contributed by atoms with Gasteiger partial charge in [-0.3, -0.25) is 0 Å². The second kappa shape index (κ2) is 11.1. The van der Waals surface area contributed by atoms with Gasteiger partial charge in [0.25, 0.3) is 0 Å². The number of hydrogen-bond acceptors (Lipinski definition) is 2. The van der Waals surface area contributed by atoms with Gasteiger partial charge in [0, 0.05) is 37.6 Å². The van der Waals surface area contributed by atoms with Gasteiger partial charge >= 0.3 is 12.1 Å². The van der Waals surface area contributed by atoms with Gasteiger partial charge in [-0.2, -0.15) is 0 Å². The Kier molecular flexibility index (Phi) is 8.20. The molecule has 0 atom stereocenters. The number of urea groups is 2. The van der Waals surface area contributed by atoms with Crippen molar-refractivity contribution in [3.05, 3.63) is 23.8 Å². The highest BCUT2D eigenvalue weighted by Gasteiger charge is 2.17. The summed E-state index contributed by atoms with van der Waals surface area (Å²) in [7, 11) is 0. The normalized spacial score (nSPS) is 18.8. The third kappa shape index (κ3) is 6.65. The Morgan fingerprint density at radius 1 is 0.690 bits per heavy atom. The lowest BCUT2D eigenvalue weighted by molar-refractivity contribution is 0.205. The van der Waals surface area contributed by atoms with Crippen LogP contribution in [0.25, 0.3) is 0 Å². The summed E-state index contributed by atoms with van der Waals surface area (Å²) in [5, 5.41) is 6.08. The van der Waals surface area contributed by atoms with E-state index in [0.717, 1.165) is 68.8 Å². The van der Waals surface area contributed by atoms with Crippen LogP contribution >= 0.6 is 0 Å². The molecule has 2 aliphatic heterocycles. The van der Waals surface area contributed by atoms with Crippen LogP contribution in [-0.4, -0.2) is 48.0 Å². The largest absolute Gasteiger partial charge is 0.325 e. The molecule has 0 aliphatic carbocycles. The zero-order valence-corrected chi connectivity index (χ0v) is 17.8. The summed E-state index contributed by atoms with van der Waals surface area (Å²) in [4.78, 5) is 29.3. The van der Waals surface area contributed by atoms with Crippen molar-refractivity contribution in [1.82, 2.24) is 9.80 Å². The van der Waals surface area contributed by atoms with Crippen molar-refractivity contribution in [2.45, 2.75) is 71.1 Å². The molecule has 0 bridgehead atoms. The number of aryl methyl sites for hydroxylation is 1. The Labute approximate surface area is 175 Å². The van der Waals surface area contributed by atoms with Gasteiger partial charge in [-0.25, -0.2) is 9.59 Å². The summed E-state index contributed by atoms with van der Waals surface area (Å²) in [5.74, 6) is 0. The predicted molar refractivity (Wildman–Crippen MR) is 119 cm³/mol. The van der Waals surface area contributed by atoms with Gasteiger partial charge in [0.05, 0.1) is 0 Å². The summed E-state index contributed by atoms with van der Waals surface area (Å²) in [5.41, 5.74) is 2.49. The summed E-state index contributed by atoms with van der Waals surface area (Å²) >= 11 is 0. The van der Waals surface area contributed by atoms with Gasteiger partial charge in [-0.1, -0.05) is 44.6 Å². The fourth-order valence-corrected chi connectivity index (χ4v) is 4.13. The van der Waals surface area contributed by atoms with Gasteiger partial charge in [-0.05, 0) is 50.3 Å². The predicted octanol–water partition coefficient (Wildman–Crippen LogP) is 5.59. The molecule has 1 aromatic carbocycles. The summed E-state index contributed by atoms with van der Waals surface area (Å²) < 4.78 is 0. The molecule has 160 valence electrons. The third-order valence-electron chi connectivity index (χ3n) is 6.02. The molecule has 0 spiro atoms. The number of benzene rings is 1. The molecule has 0 aromatic heterocycles. The number of nitrogens with one attached hydrogen (secondary N) is 2. The van der Waals surface area contributed by atoms with Crippen LogP contribution in [0.3, 0.4) is 0 Å². The number of amides is 4. The van der Waals surface area contributed by atoms with E-state index in [9.17, 15) is 9.59 Å². The highest BCUT2D eigenvalue weighted by Crippen LogP contribution is 2.22. The van der Waals surface area contributed by atoms with E-state index in [1.807, 2.05) is 34.9 Å². The molecule has 3 rings (SSSR count). The minimum Gasteiger partial charge on any atom is -0.325 e. The number of rotatable bonds is 2. The smallest absolute Gasteiger partial charge is 0.321 e. The Morgan fingerprint density at radius 2 is 1.14 bits per heavy atom. The number of carbonyl (C=O) groups excluding carboxylic acids is 2. The van der Waals surface area contributed by atoms with Crippen molar-refractivity contribution in [2.24, 2.45) is 0 Å². The zero-order chi connectivity index (χ0) is 20.5. The second-order valence-corrected chi connectivity index (χ2v) is 8.40. The molecule has 2 saturated heterocycles. The van der Waals surface area contributed by atoms with Crippen LogP contribution in [0.1, 0.15) is 69.8 Å². The van der Waals surface area contributed by atoms with Crippen molar-refractivity contribution < 1.29 is 9.59 Å². The van der Waals surface area contributed by atoms with Crippen LogP contribution < -0.4 is 10.6 Å². The van der Waals surface area contributed by atoms with Crippen LogP contribution in [0.5, 0.6) is 0 Å². The van der Waals surface area contributed by atoms with E-state index < -0.39 is 0 Å². The summed E-state index contributed by atoms with van der Waals surface area (Å²) in [6, 6.07) is 5.65. The average molecular weight is 401 g/mol. The number of nitrogens with zero attached hydrogens (tertiary/aromatic N) is 2. The summed E-state index contributed by atoms with van der Waals surface area (Å²) in [6.07, 6.45) is 11.6. The van der Waals surface area contributed by atoms with Crippen molar-refractivity contribution >= 4 is 23.4 Å². The van der Waals surface area contributed by atoms with E-state index in [4.69, 9.17) is 0 Å². The number of anilines is 2. The SMILES string of the molecule is Cc1ccc(NC(=O)N2CCCCCCC2)cc1NC(=O)N1CCCCCCC1. The van der Waals surface area contributed by atoms with Gasteiger partial charge < -0.3 is 20.4 Å². The average Bonchev–Trinajstić information content (AvgIpc) is 2.63. The molecule has 4 amide bonds. The first-order chi connectivity index (χ1) is 14.1. The molecule has 1 aromatic rings. The minimum atomic E-state index is -0.0446. The van der Waals surface area contributed by atoms with E-state index in [-0.39, 0.29) is 12.1 Å². The van der Waals surface area contributed by atoms with E-state index in [1.165, 1.54) is 38.5 Å². The molecule has 0 unspecified atom stereocenters. The van der Waals surface area contributed by atoms with E-state index in [0.29, 0.717) is 0 Å². The topological polar surface area (TPSA) is 64.7 Å². The lowest BCUT2D eigenvalue weighted by Crippen LogP contribution is -2.37. The molecular weight excluding hydrogens is 364 g/mol. The molecule has 0 radical (unpaired) electrons. The van der Waals surface area contributed by atoms with Crippen LogP contribution in [0.15, 0.2) is 18.2 Å². The Morgan fingerprint density at radius 3 is 1.66 bits per heavy atom. The van der Waals surface area contributed by atoms with Crippen LogP contribution in [-0.2, 0) is 0 Å². The van der Waals surface area contributed by atoms with Crippen LogP contribution in [0.4, 0.5) is 21.0 Å². The minimum absolute atomic E-state index is 0.0396. The van der Waals surface area contributed by atoms with Crippen molar-refractivity contribution in [1.29, 1.82) is 0 Å². The molecular formula is C23H36N4O2. The molecule has 2 aliphatic rings. The van der Waals surface area contributed by atoms with Crippen molar-refractivity contribution in [3.63, 3.8) is 0 Å². The highest BCUT2D eigenvalue weighted by molar-refractivity contribution is 5.93. The van der Waals surface area contributed by atoms with Gasteiger partial charge in [0.2, 0.25) is 0 Å². The second-order valence-electron chi connectivity index (χ2n) is 8.40. The zero-order valence-electron chi connectivity index (χ0n) is 17.8. The molecule has 6 nitrogen and oxygen atoms in total. The van der Waals surface area contributed by atoms with E-state index in [2.05, 4.69) is 10.6 Å². The van der Waals surface area contributed by atoms with E-state index in [1.54, 1.807) is 0 Å². The summed E-state index contributed by atoms with van der Waals surface area (Å²) in [6.45, 7) is 5.24. The standard InChI is InChI=1S/C23H36N4O2/c1-19-12-13-20(24-22(28)26-14-8-4-2-5-9-15-26)18-21(19)25-23(29)27-16-10-6-3-7-11-17-27/h12-13,18H,2-11,14-17H2,1H3,(H,24,28)(H,25,29). The number of likely N-dealkylation sites (tertiary alicyclic amines) is 2. The lowest BCUT2D eigenvalue weighted by atomic mass is 10.1. The maximum atomic E-state index is 12.8. The first-order valence-corrected chi connectivity index (χ1v) is 11.4. The van der Waals surface area contributed by atoms with Gasteiger partial charge in [-0.15, -0.1) is 0 Å². The molecule has 29 heavy (non-hydrogen) atoms. The maximum absolute atomic E-state index is 12.8. The first-order valence-electron chi connectivity index (χ1n) is 11.4. The van der Waals surface area contributed by atoms with Crippen molar-refractivity contribution in [2.75, 3.05) is 36.8 Å². The Hall–Kier alpha value is -2.24. The fourth-order valence-electron chi connectivity index (χ4n) is 4.13. The van der Waals surface area contributed by atoms with Crippen LogP contribution in [0, 0.1) is 6.92 Å². The fraction of sp³-hybridized carbons (Fsp3) is 0.652. The van der Waals surface area contributed by atoms with E-state index >= 15 is 0 Å². The monoisotopic (exact) mass is 400 g/mol. The molecule has 0 saturated carbocycles. The molecule has 2 N–H and O–H groups in total. The Balaban J connectivity index is 1.61. The Bertz CT molecular complexity index is 675. The maximum Gasteiger partial charge on any atom is 0.321 e. The molecule has 2 heterocycles. The third-order valence-corrected chi connectivity index (χ3v) is 6.02. The van der Waals surface area contributed by atoms with Crippen LogP contribution in [0.2, 0.25) is 0 Å². The molecule has 6 heteroatoms. The number of carbonyl (C=O) groups is 2. The van der Waals surface area contributed by atoms with Gasteiger partial charge in [0.15, 0.2) is 0 Å². The first kappa shape index (κ1) is 21.5. The molecule has 2 fully saturated rings. The van der Waals surface area contributed by atoms with Crippen molar-refractivity contribution in [3.8, 4) is 0 Å². The highest BCUT2D eigenvalue weighted by atomic mass is 16.2. The number of hydrogen-bond donors (Lipinski definition) is 2. The lowest BCUT2D eigenvalue weighted by Gasteiger charge is -2.26.